The van der Waals surface area contributed by atoms with Gasteiger partial charge in [0.05, 0.1) is 0 Å². The van der Waals surface area contributed by atoms with E-state index in [9.17, 15) is 4.79 Å². The fourth-order valence-electron chi connectivity index (χ4n) is 1.56. The second-order valence-corrected chi connectivity index (χ2v) is 3.68. The van der Waals surface area contributed by atoms with Gasteiger partial charge in [-0.25, -0.2) is 9.78 Å². The van der Waals surface area contributed by atoms with Crippen molar-refractivity contribution in [3.63, 3.8) is 0 Å². The van der Waals surface area contributed by atoms with E-state index in [0.29, 0.717) is 30.2 Å². The number of nitrogens with zero attached hydrogens (tertiary/aromatic N) is 3. The number of carboxylic acids is 1. The van der Waals surface area contributed by atoms with Crippen molar-refractivity contribution in [2.24, 2.45) is 0 Å². The molecule has 2 N–H and O–H groups in total. The molecule has 2 heterocycles. The molecule has 0 radical (unpaired) electrons. The Balaban J connectivity index is 2.05. The van der Waals surface area contributed by atoms with Gasteiger partial charge in [-0.3, -0.25) is 0 Å². The molecule has 0 aliphatic rings. The number of aromatic carboxylic acids is 1. The number of nitrogens with one attached hydrogen (secondary N) is 1. The quantitative estimate of drug-likeness (QED) is 0.817. The lowest BCUT2D eigenvalue weighted by Gasteiger charge is -2.09. The van der Waals surface area contributed by atoms with Gasteiger partial charge in [0.15, 0.2) is 5.82 Å². The minimum absolute atomic E-state index is 0.186. The van der Waals surface area contributed by atoms with E-state index in [4.69, 9.17) is 5.11 Å². The van der Waals surface area contributed by atoms with E-state index >= 15 is 0 Å². The van der Waals surface area contributed by atoms with Crippen LogP contribution in [0.1, 0.15) is 21.7 Å². The fraction of sp³-hybridized carbons (Fsp3) is 0.273. The summed E-state index contributed by atoms with van der Waals surface area (Å²) in [5.74, 6) is -0.0827. The molecule has 0 bridgehead atoms. The summed E-state index contributed by atoms with van der Waals surface area (Å²) < 4.78 is 4.60. The Morgan fingerprint density at radius 1 is 1.50 bits per heavy atom. The largest absolute Gasteiger partial charge is 0.478 e. The van der Waals surface area contributed by atoms with Crippen molar-refractivity contribution in [3.05, 3.63) is 35.6 Å². The molecule has 0 saturated carbocycles. The average Bonchev–Trinajstić information content (AvgIpc) is 2.81. The standard InChI is InChI=1S/C11H12N4O3/c1-7-2-4-12-10(9(7)11(16)17)13-5-3-8-14-6-18-15-8/h2,4,6H,3,5H2,1H3,(H,12,13)(H,16,17). The predicted octanol–water partition coefficient (Wildman–Crippen LogP) is 1.13. The molecule has 0 spiro atoms. The summed E-state index contributed by atoms with van der Waals surface area (Å²) in [6.45, 7) is 2.21. The molecule has 7 heteroatoms. The lowest BCUT2D eigenvalue weighted by molar-refractivity contribution is 0.0697. The zero-order chi connectivity index (χ0) is 13.0. The summed E-state index contributed by atoms with van der Waals surface area (Å²) in [5, 5.41) is 15.7. The van der Waals surface area contributed by atoms with Crippen molar-refractivity contribution in [1.82, 2.24) is 15.1 Å². The number of anilines is 1. The second-order valence-electron chi connectivity index (χ2n) is 3.68. The number of hydrogen-bond acceptors (Lipinski definition) is 6. The molecule has 0 saturated heterocycles. The second kappa shape index (κ2) is 5.26. The zero-order valence-electron chi connectivity index (χ0n) is 9.75. The van der Waals surface area contributed by atoms with Crippen LogP contribution in [0.25, 0.3) is 0 Å². The topological polar surface area (TPSA) is 101 Å². The maximum Gasteiger partial charge on any atom is 0.339 e. The molecular weight excluding hydrogens is 236 g/mol. The predicted molar refractivity (Wildman–Crippen MR) is 62.4 cm³/mol. The van der Waals surface area contributed by atoms with Crippen LogP contribution in [0.3, 0.4) is 0 Å². The molecule has 0 aromatic carbocycles. The highest BCUT2D eigenvalue weighted by atomic mass is 16.5. The van der Waals surface area contributed by atoms with E-state index in [1.807, 2.05) is 0 Å². The lowest BCUT2D eigenvalue weighted by Crippen LogP contribution is -2.12. The Kier molecular flexibility index (Phi) is 3.52. The Morgan fingerprint density at radius 2 is 2.33 bits per heavy atom. The fourth-order valence-corrected chi connectivity index (χ4v) is 1.56. The Labute approximate surface area is 103 Å². The summed E-state index contributed by atoms with van der Waals surface area (Å²) >= 11 is 0. The van der Waals surface area contributed by atoms with Crippen molar-refractivity contribution in [2.45, 2.75) is 13.3 Å². The molecule has 94 valence electrons. The van der Waals surface area contributed by atoms with Crippen LogP contribution in [0.15, 0.2) is 23.2 Å². The van der Waals surface area contributed by atoms with Crippen LogP contribution in [0.2, 0.25) is 0 Å². The summed E-state index contributed by atoms with van der Waals surface area (Å²) in [4.78, 5) is 19.0. The molecule has 0 atom stereocenters. The lowest BCUT2D eigenvalue weighted by atomic mass is 10.1. The normalized spacial score (nSPS) is 10.3. The number of aromatic nitrogens is 3. The number of carboxylic acid groups (broad SMARTS) is 1. The average molecular weight is 248 g/mol. The third kappa shape index (κ3) is 2.62. The van der Waals surface area contributed by atoms with Crippen molar-refractivity contribution in [2.75, 3.05) is 11.9 Å². The molecule has 0 amide bonds. The SMILES string of the molecule is Cc1ccnc(NCCc2ncon2)c1C(=O)O. The number of hydrogen-bond donors (Lipinski definition) is 2. The molecule has 0 aliphatic carbocycles. The number of carbonyl (C=O) groups is 1. The van der Waals surface area contributed by atoms with Crippen LogP contribution >= 0.6 is 0 Å². The van der Waals surface area contributed by atoms with Gasteiger partial charge in [0.1, 0.15) is 11.4 Å². The minimum atomic E-state index is -0.998. The Morgan fingerprint density at radius 3 is 3.00 bits per heavy atom. The highest BCUT2D eigenvalue weighted by molar-refractivity contribution is 5.94. The monoisotopic (exact) mass is 248 g/mol. The third-order valence-corrected chi connectivity index (χ3v) is 2.42. The Hall–Kier alpha value is -2.44. The smallest absolute Gasteiger partial charge is 0.339 e. The first-order chi connectivity index (χ1) is 8.68. The molecule has 0 fully saturated rings. The molecule has 2 aromatic heterocycles. The first-order valence-electron chi connectivity index (χ1n) is 5.36. The molecule has 0 aliphatic heterocycles. The summed E-state index contributed by atoms with van der Waals surface area (Å²) in [7, 11) is 0. The van der Waals surface area contributed by atoms with E-state index in [1.165, 1.54) is 6.39 Å². The van der Waals surface area contributed by atoms with E-state index in [-0.39, 0.29) is 5.56 Å². The van der Waals surface area contributed by atoms with Crippen molar-refractivity contribution >= 4 is 11.8 Å². The first kappa shape index (κ1) is 12.0. The van der Waals surface area contributed by atoms with Gasteiger partial charge in [0.25, 0.3) is 0 Å². The van der Waals surface area contributed by atoms with Crippen LogP contribution < -0.4 is 5.32 Å². The van der Waals surface area contributed by atoms with Gasteiger partial charge >= 0.3 is 5.97 Å². The van der Waals surface area contributed by atoms with Crippen molar-refractivity contribution in [1.29, 1.82) is 0 Å². The maximum atomic E-state index is 11.1. The van der Waals surface area contributed by atoms with Crippen LogP contribution in [0.4, 0.5) is 5.82 Å². The van der Waals surface area contributed by atoms with E-state index in [0.717, 1.165) is 0 Å². The number of rotatable bonds is 5. The molecule has 2 aromatic rings. The molecule has 7 nitrogen and oxygen atoms in total. The molecule has 18 heavy (non-hydrogen) atoms. The summed E-state index contributed by atoms with van der Waals surface area (Å²) in [6, 6.07) is 1.66. The van der Waals surface area contributed by atoms with Crippen LogP contribution in [-0.2, 0) is 6.42 Å². The number of pyridine rings is 1. The molecular formula is C11H12N4O3. The zero-order valence-corrected chi connectivity index (χ0v) is 9.75. The first-order valence-corrected chi connectivity index (χ1v) is 5.36. The number of aryl methyl sites for hydroxylation is 1. The van der Waals surface area contributed by atoms with Gasteiger partial charge < -0.3 is 14.9 Å². The van der Waals surface area contributed by atoms with Crippen molar-refractivity contribution < 1.29 is 14.4 Å². The van der Waals surface area contributed by atoms with E-state index in [1.54, 1.807) is 19.2 Å². The Bertz CT molecular complexity index is 539. The maximum absolute atomic E-state index is 11.1. The van der Waals surface area contributed by atoms with Gasteiger partial charge in [0, 0.05) is 19.2 Å². The highest BCUT2D eigenvalue weighted by Gasteiger charge is 2.13. The molecule has 0 unspecified atom stereocenters. The van der Waals surface area contributed by atoms with Gasteiger partial charge in [-0.05, 0) is 18.6 Å². The summed E-state index contributed by atoms with van der Waals surface area (Å²) in [6.07, 6.45) is 3.35. The van der Waals surface area contributed by atoms with Crippen LogP contribution in [0.5, 0.6) is 0 Å². The summed E-state index contributed by atoms with van der Waals surface area (Å²) in [5.41, 5.74) is 0.852. The van der Waals surface area contributed by atoms with Gasteiger partial charge in [-0.2, -0.15) is 4.98 Å². The van der Waals surface area contributed by atoms with Crippen LogP contribution in [-0.4, -0.2) is 32.7 Å². The van der Waals surface area contributed by atoms with Gasteiger partial charge in [0.2, 0.25) is 6.39 Å². The molecule has 2 rings (SSSR count). The van der Waals surface area contributed by atoms with E-state index < -0.39 is 5.97 Å². The van der Waals surface area contributed by atoms with Crippen LogP contribution in [0, 0.1) is 6.92 Å². The highest BCUT2D eigenvalue weighted by Crippen LogP contribution is 2.16. The minimum Gasteiger partial charge on any atom is -0.478 e. The van der Waals surface area contributed by atoms with Gasteiger partial charge in [-0.1, -0.05) is 5.16 Å². The van der Waals surface area contributed by atoms with Crippen molar-refractivity contribution in [3.8, 4) is 0 Å². The van der Waals surface area contributed by atoms with E-state index in [2.05, 4.69) is 25.0 Å². The van der Waals surface area contributed by atoms with Gasteiger partial charge in [-0.15, -0.1) is 0 Å². The third-order valence-electron chi connectivity index (χ3n) is 2.42.